The smallest absolute Gasteiger partial charge is 0.131 e. The number of rotatable bonds is 2. The van der Waals surface area contributed by atoms with Crippen LogP contribution < -0.4 is 16.2 Å². The molecule has 0 fully saturated rings. The van der Waals surface area contributed by atoms with Crippen LogP contribution in [0.2, 0.25) is 0 Å². The summed E-state index contributed by atoms with van der Waals surface area (Å²) in [5, 5.41) is 2.32. The molecule has 1 rings (SSSR count). The highest BCUT2D eigenvalue weighted by Crippen LogP contribution is 2.01. The molecule has 0 unspecified atom stereocenters. The van der Waals surface area contributed by atoms with Crippen molar-refractivity contribution in [1.29, 1.82) is 0 Å². The van der Waals surface area contributed by atoms with Crippen molar-refractivity contribution in [3.8, 4) is 0 Å². The zero-order chi connectivity index (χ0) is 11.4. The summed E-state index contributed by atoms with van der Waals surface area (Å²) in [5.74, 6) is 0.468. The van der Waals surface area contributed by atoms with Gasteiger partial charge < -0.3 is 5.73 Å². The van der Waals surface area contributed by atoms with Crippen LogP contribution in [0.3, 0.4) is 0 Å². The van der Waals surface area contributed by atoms with Crippen molar-refractivity contribution in [1.82, 2.24) is 4.98 Å². The normalized spacial score (nSPS) is 12.9. The molecule has 0 saturated heterocycles. The van der Waals surface area contributed by atoms with E-state index in [9.17, 15) is 0 Å². The molecule has 0 saturated carbocycles. The average Bonchev–Trinajstić information content (AvgIpc) is 2.19. The first-order chi connectivity index (χ1) is 7.10. The lowest BCUT2D eigenvalue weighted by Crippen LogP contribution is -2.29. The van der Waals surface area contributed by atoms with Gasteiger partial charge in [-0.3, -0.25) is 0 Å². The van der Waals surface area contributed by atoms with Gasteiger partial charge in [0.1, 0.15) is 5.82 Å². The quantitative estimate of drug-likeness (QED) is 0.823. The number of pyridine rings is 1. The van der Waals surface area contributed by atoms with Crippen molar-refractivity contribution in [2.24, 2.45) is 0 Å². The molecule has 0 spiro atoms. The van der Waals surface area contributed by atoms with E-state index in [1.54, 1.807) is 18.3 Å². The minimum atomic E-state index is 0.458. The number of aromatic nitrogens is 1. The van der Waals surface area contributed by atoms with Gasteiger partial charge in [-0.2, -0.15) is 0 Å². The molecule has 0 aliphatic rings. The maximum Gasteiger partial charge on any atom is 0.131 e. The zero-order valence-corrected chi connectivity index (χ0v) is 9.38. The second-order valence-corrected chi connectivity index (χ2v) is 3.50. The SMILES string of the molecule is C=Cc1c(N)ncc(=C/C(=C)Cl)/c1=C\C. The van der Waals surface area contributed by atoms with Gasteiger partial charge >= 0.3 is 0 Å². The highest BCUT2D eigenvalue weighted by atomic mass is 35.5. The number of hydrogen-bond acceptors (Lipinski definition) is 2. The Balaban J connectivity index is 3.73. The summed E-state index contributed by atoms with van der Waals surface area (Å²) in [6.07, 6.45) is 7.05. The topological polar surface area (TPSA) is 38.9 Å². The van der Waals surface area contributed by atoms with E-state index in [4.69, 9.17) is 17.3 Å². The summed E-state index contributed by atoms with van der Waals surface area (Å²) in [6.45, 7) is 9.25. The van der Waals surface area contributed by atoms with Crippen LogP contribution >= 0.6 is 11.6 Å². The fourth-order valence-electron chi connectivity index (χ4n) is 1.39. The summed E-state index contributed by atoms with van der Waals surface area (Å²) in [7, 11) is 0. The number of nitrogens with two attached hydrogens (primary N) is 1. The molecule has 78 valence electrons. The predicted molar refractivity (Wildman–Crippen MR) is 67.6 cm³/mol. The van der Waals surface area contributed by atoms with E-state index in [1.807, 2.05) is 13.0 Å². The Hall–Kier alpha value is -1.54. The van der Waals surface area contributed by atoms with E-state index in [0.717, 1.165) is 16.0 Å². The molecule has 15 heavy (non-hydrogen) atoms. The number of allylic oxidation sites excluding steroid dienone is 1. The second-order valence-electron chi connectivity index (χ2n) is 3.01. The molecule has 3 heteroatoms. The number of hydrogen-bond donors (Lipinski definition) is 1. The Kier molecular flexibility index (Phi) is 3.69. The molecule has 0 aliphatic carbocycles. The Labute approximate surface area is 94.1 Å². The van der Waals surface area contributed by atoms with Gasteiger partial charge in [-0.15, -0.1) is 0 Å². The van der Waals surface area contributed by atoms with Gasteiger partial charge in [0, 0.05) is 22.0 Å². The monoisotopic (exact) mass is 220 g/mol. The Morgan fingerprint density at radius 1 is 1.60 bits per heavy atom. The minimum absolute atomic E-state index is 0.458. The van der Waals surface area contributed by atoms with Crippen molar-refractivity contribution in [3.63, 3.8) is 0 Å². The molecule has 0 amide bonds. The number of halogens is 1. The molecule has 0 aliphatic heterocycles. The molecule has 0 aromatic carbocycles. The van der Waals surface area contributed by atoms with Gasteiger partial charge in [0.25, 0.3) is 0 Å². The van der Waals surface area contributed by atoms with Crippen LogP contribution in [0.5, 0.6) is 0 Å². The van der Waals surface area contributed by atoms with E-state index >= 15 is 0 Å². The Morgan fingerprint density at radius 2 is 2.27 bits per heavy atom. The lowest BCUT2D eigenvalue weighted by molar-refractivity contribution is 1.27. The van der Waals surface area contributed by atoms with E-state index in [2.05, 4.69) is 18.1 Å². The maximum absolute atomic E-state index is 5.74. The number of anilines is 1. The van der Waals surface area contributed by atoms with Crippen LogP contribution in [0.4, 0.5) is 5.82 Å². The van der Waals surface area contributed by atoms with Crippen LogP contribution in [0.15, 0.2) is 24.4 Å². The van der Waals surface area contributed by atoms with E-state index in [0.29, 0.717) is 10.9 Å². The highest BCUT2D eigenvalue weighted by Gasteiger charge is 1.98. The largest absolute Gasteiger partial charge is 0.383 e. The van der Waals surface area contributed by atoms with Crippen molar-refractivity contribution >= 4 is 35.6 Å². The van der Waals surface area contributed by atoms with Crippen molar-refractivity contribution < 1.29 is 0 Å². The van der Waals surface area contributed by atoms with Crippen LogP contribution in [-0.4, -0.2) is 4.98 Å². The van der Waals surface area contributed by atoms with Crippen LogP contribution in [-0.2, 0) is 0 Å². The standard InChI is InChI=1S/C12H13ClN2/c1-4-10-9(6-8(3)13)7-15-12(14)11(10)5-2/h4-7H,2-3,14H2,1H3/b9-6-,10-4+. The minimum Gasteiger partial charge on any atom is -0.383 e. The molecule has 1 aromatic heterocycles. The summed E-state index contributed by atoms with van der Waals surface area (Å²) >= 11 is 5.73. The third kappa shape index (κ3) is 2.48. The molecular weight excluding hydrogens is 208 g/mol. The molecule has 0 radical (unpaired) electrons. The van der Waals surface area contributed by atoms with Crippen LogP contribution in [0.1, 0.15) is 12.5 Å². The van der Waals surface area contributed by atoms with Gasteiger partial charge in [0.05, 0.1) is 0 Å². The first-order valence-electron chi connectivity index (χ1n) is 4.49. The fourth-order valence-corrected chi connectivity index (χ4v) is 1.51. The number of nitrogen functional groups attached to an aromatic ring is 1. The van der Waals surface area contributed by atoms with Gasteiger partial charge in [0.2, 0.25) is 0 Å². The average molecular weight is 221 g/mol. The van der Waals surface area contributed by atoms with E-state index in [1.165, 1.54) is 0 Å². The molecule has 1 heterocycles. The van der Waals surface area contributed by atoms with Crippen LogP contribution in [0, 0.1) is 0 Å². The Morgan fingerprint density at radius 3 is 2.73 bits per heavy atom. The number of nitrogens with zero attached hydrogens (tertiary/aromatic N) is 1. The van der Waals surface area contributed by atoms with Crippen LogP contribution in [0.25, 0.3) is 18.2 Å². The summed E-state index contributed by atoms with van der Waals surface area (Å²) in [6, 6.07) is 0. The van der Waals surface area contributed by atoms with Crippen molar-refractivity contribution in [2.75, 3.05) is 5.73 Å². The fraction of sp³-hybridized carbons (Fsp3) is 0.0833. The molecular formula is C12H13ClN2. The van der Waals surface area contributed by atoms with Crippen molar-refractivity contribution in [2.45, 2.75) is 6.92 Å². The molecule has 0 bridgehead atoms. The second kappa shape index (κ2) is 4.80. The van der Waals surface area contributed by atoms with Gasteiger partial charge in [-0.05, 0) is 18.2 Å². The Bertz CT molecular complexity index is 515. The lowest BCUT2D eigenvalue weighted by Gasteiger charge is -2.01. The summed E-state index contributed by atoms with van der Waals surface area (Å²) in [5.41, 5.74) is 6.56. The maximum atomic E-state index is 5.74. The highest BCUT2D eigenvalue weighted by molar-refractivity contribution is 6.33. The third-order valence-corrected chi connectivity index (χ3v) is 2.13. The third-order valence-electron chi connectivity index (χ3n) is 2.02. The zero-order valence-electron chi connectivity index (χ0n) is 8.63. The molecule has 0 atom stereocenters. The molecule has 2 N–H and O–H groups in total. The predicted octanol–water partition coefficient (Wildman–Crippen LogP) is 1.64. The lowest BCUT2D eigenvalue weighted by atomic mass is 10.1. The van der Waals surface area contributed by atoms with E-state index < -0.39 is 0 Å². The molecule has 1 aromatic rings. The van der Waals surface area contributed by atoms with Gasteiger partial charge in [0.15, 0.2) is 0 Å². The summed E-state index contributed by atoms with van der Waals surface area (Å²) < 4.78 is 0. The molecule has 2 nitrogen and oxygen atoms in total. The van der Waals surface area contributed by atoms with Gasteiger partial charge in [-0.25, -0.2) is 4.98 Å². The first kappa shape index (κ1) is 11.5. The van der Waals surface area contributed by atoms with Gasteiger partial charge in [-0.1, -0.05) is 36.9 Å². The first-order valence-corrected chi connectivity index (χ1v) is 4.87. The van der Waals surface area contributed by atoms with E-state index in [-0.39, 0.29) is 0 Å². The van der Waals surface area contributed by atoms with Crippen molar-refractivity contribution in [3.05, 3.63) is 40.4 Å². The summed E-state index contributed by atoms with van der Waals surface area (Å²) in [4.78, 5) is 4.07.